The Morgan fingerprint density at radius 1 is 1.32 bits per heavy atom. The minimum Gasteiger partial charge on any atom is -0.487 e. The third kappa shape index (κ3) is 3.31. The molecule has 2 aromatic rings. The van der Waals surface area contributed by atoms with Gasteiger partial charge in [-0.1, -0.05) is 0 Å². The molecule has 1 fully saturated rings. The number of carbonyl (C=O) groups is 2. The van der Waals surface area contributed by atoms with Gasteiger partial charge < -0.3 is 10.1 Å². The van der Waals surface area contributed by atoms with Crippen molar-refractivity contribution in [2.45, 2.75) is 32.3 Å². The summed E-state index contributed by atoms with van der Waals surface area (Å²) in [4.78, 5) is 24.8. The molecule has 130 valence electrons. The van der Waals surface area contributed by atoms with Gasteiger partial charge in [-0.25, -0.2) is 4.39 Å². The molecule has 6 heteroatoms. The van der Waals surface area contributed by atoms with Crippen LogP contribution in [0, 0.1) is 11.7 Å². The van der Waals surface area contributed by atoms with Gasteiger partial charge in [-0.15, -0.1) is 11.3 Å². The van der Waals surface area contributed by atoms with Crippen molar-refractivity contribution in [3.05, 3.63) is 40.5 Å². The quantitative estimate of drug-likeness (QED) is 0.830. The van der Waals surface area contributed by atoms with E-state index in [2.05, 4.69) is 5.32 Å². The molecule has 2 aliphatic rings. The van der Waals surface area contributed by atoms with Crippen molar-refractivity contribution in [1.29, 1.82) is 0 Å². The number of carbonyl (C=O) groups excluding carboxylic acids is 2. The lowest BCUT2D eigenvalue weighted by atomic mass is 10.0. The predicted molar refractivity (Wildman–Crippen MR) is 93.6 cm³/mol. The second-order valence-corrected chi connectivity index (χ2v) is 7.71. The lowest BCUT2D eigenvalue weighted by molar-refractivity contribution is -0.122. The van der Waals surface area contributed by atoms with E-state index in [4.69, 9.17) is 4.74 Å². The van der Waals surface area contributed by atoms with E-state index in [-0.39, 0.29) is 29.5 Å². The zero-order valence-corrected chi connectivity index (χ0v) is 14.6. The van der Waals surface area contributed by atoms with E-state index < -0.39 is 0 Å². The van der Waals surface area contributed by atoms with E-state index >= 15 is 0 Å². The van der Waals surface area contributed by atoms with Gasteiger partial charge in [0.25, 0.3) is 0 Å². The number of hydrogen-bond acceptors (Lipinski definition) is 4. The van der Waals surface area contributed by atoms with Gasteiger partial charge >= 0.3 is 0 Å². The van der Waals surface area contributed by atoms with E-state index in [1.807, 2.05) is 6.07 Å². The molecular weight excluding hydrogens is 341 g/mol. The summed E-state index contributed by atoms with van der Waals surface area (Å²) in [6.45, 7) is 1.94. The van der Waals surface area contributed by atoms with Gasteiger partial charge in [0, 0.05) is 28.3 Å². The lowest BCUT2D eigenvalue weighted by Crippen LogP contribution is -2.35. The number of fused-ring (bicyclic) bond motifs is 1. The van der Waals surface area contributed by atoms with Crippen LogP contribution >= 0.6 is 11.3 Å². The fraction of sp³-hybridized carbons (Fsp3) is 0.368. The van der Waals surface area contributed by atoms with Crippen LogP contribution in [0.25, 0.3) is 10.4 Å². The highest BCUT2D eigenvalue weighted by Crippen LogP contribution is 2.42. The molecule has 0 radical (unpaired) electrons. The van der Waals surface area contributed by atoms with Gasteiger partial charge in [0.15, 0.2) is 5.78 Å². The summed E-state index contributed by atoms with van der Waals surface area (Å²) in [5, 5.41) is 2.91. The normalized spacial score (nSPS) is 18.6. The predicted octanol–water partition coefficient (Wildman–Crippen LogP) is 3.59. The number of Topliss-reactive ketones (excluding diaryl/α,β-unsaturated/α-hetero) is 1. The van der Waals surface area contributed by atoms with Crippen LogP contribution in [0.5, 0.6) is 5.75 Å². The maximum absolute atomic E-state index is 14.0. The zero-order chi connectivity index (χ0) is 17.6. The summed E-state index contributed by atoms with van der Waals surface area (Å²) in [6.07, 6.45) is 2.30. The first-order valence-electron chi connectivity index (χ1n) is 8.39. The van der Waals surface area contributed by atoms with E-state index in [0.717, 1.165) is 23.3 Å². The smallest absolute Gasteiger partial charge is 0.223 e. The van der Waals surface area contributed by atoms with Crippen LogP contribution in [-0.2, 0) is 11.2 Å². The minimum atomic E-state index is -0.321. The zero-order valence-electron chi connectivity index (χ0n) is 13.8. The lowest BCUT2D eigenvalue weighted by Gasteiger charge is -2.13. The van der Waals surface area contributed by atoms with Crippen molar-refractivity contribution in [2.75, 3.05) is 6.54 Å². The summed E-state index contributed by atoms with van der Waals surface area (Å²) >= 11 is 1.33. The number of halogens is 1. The molecule has 1 aromatic heterocycles. The number of ether oxygens (including phenoxy) is 1. The first-order valence-corrected chi connectivity index (χ1v) is 9.21. The largest absolute Gasteiger partial charge is 0.487 e. The summed E-state index contributed by atoms with van der Waals surface area (Å²) in [7, 11) is 0. The average molecular weight is 359 g/mol. The summed E-state index contributed by atoms with van der Waals surface area (Å²) in [5.41, 5.74) is 1.47. The summed E-state index contributed by atoms with van der Waals surface area (Å²) in [6, 6.07) is 6.50. The molecule has 2 heterocycles. The highest BCUT2D eigenvalue weighted by molar-refractivity contribution is 7.17. The average Bonchev–Trinajstić information content (AvgIpc) is 3.16. The number of nitrogens with one attached hydrogen (secondary N) is 1. The molecule has 0 spiro atoms. The first kappa shape index (κ1) is 16.3. The second-order valence-electron chi connectivity index (χ2n) is 6.63. The van der Waals surface area contributed by atoms with Crippen molar-refractivity contribution in [3.8, 4) is 16.2 Å². The van der Waals surface area contributed by atoms with Crippen molar-refractivity contribution < 1.29 is 18.7 Å². The van der Waals surface area contributed by atoms with Crippen LogP contribution in [0.2, 0.25) is 0 Å². The molecule has 0 saturated heterocycles. The third-order valence-electron chi connectivity index (χ3n) is 4.53. The Hall–Kier alpha value is -2.21. The van der Waals surface area contributed by atoms with Gasteiger partial charge in [-0.2, -0.15) is 0 Å². The Labute approximate surface area is 149 Å². The first-order chi connectivity index (χ1) is 12.0. The van der Waals surface area contributed by atoms with E-state index in [0.29, 0.717) is 29.2 Å². The fourth-order valence-corrected chi connectivity index (χ4v) is 3.98. The van der Waals surface area contributed by atoms with Crippen LogP contribution < -0.4 is 10.1 Å². The highest BCUT2D eigenvalue weighted by atomic mass is 32.1. The number of thiophene rings is 1. The number of rotatable bonds is 5. The molecule has 1 amide bonds. The van der Waals surface area contributed by atoms with E-state index in [9.17, 15) is 14.0 Å². The van der Waals surface area contributed by atoms with Gasteiger partial charge in [0.2, 0.25) is 5.91 Å². The van der Waals surface area contributed by atoms with Crippen LogP contribution in [-0.4, -0.2) is 24.3 Å². The van der Waals surface area contributed by atoms with Crippen molar-refractivity contribution >= 4 is 23.0 Å². The van der Waals surface area contributed by atoms with Crippen LogP contribution in [0.3, 0.4) is 0 Å². The highest BCUT2D eigenvalue weighted by Gasteiger charge is 2.32. The SMILES string of the molecule is CC(=O)c1ccc(-c2cc(F)cc3c2O[C@@H](CNC(=O)C2CC2)C3)s1. The van der Waals surface area contributed by atoms with Gasteiger partial charge in [0.1, 0.15) is 17.7 Å². The molecule has 0 bridgehead atoms. The number of amides is 1. The van der Waals surface area contributed by atoms with Crippen molar-refractivity contribution in [3.63, 3.8) is 0 Å². The van der Waals surface area contributed by atoms with E-state index in [1.54, 1.807) is 6.07 Å². The van der Waals surface area contributed by atoms with Gasteiger partial charge in [0.05, 0.1) is 11.4 Å². The molecule has 0 unspecified atom stereocenters. The fourth-order valence-electron chi connectivity index (χ4n) is 3.07. The molecule has 4 rings (SSSR count). The molecular formula is C19H18FNO3S. The Bertz CT molecular complexity index is 856. The van der Waals surface area contributed by atoms with Crippen molar-refractivity contribution in [2.24, 2.45) is 5.92 Å². The van der Waals surface area contributed by atoms with Gasteiger partial charge in [-0.05, 0) is 44.0 Å². The summed E-state index contributed by atoms with van der Waals surface area (Å²) in [5.74, 6) is 0.566. The molecule has 25 heavy (non-hydrogen) atoms. The van der Waals surface area contributed by atoms with Crippen LogP contribution in [0.4, 0.5) is 4.39 Å². The van der Waals surface area contributed by atoms with Gasteiger partial charge in [-0.3, -0.25) is 9.59 Å². The monoisotopic (exact) mass is 359 g/mol. The Morgan fingerprint density at radius 2 is 2.12 bits per heavy atom. The molecule has 1 N–H and O–H groups in total. The Kier molecular flexibility index (Phi) is 4.07. The molecule has 1 aliphatic heterocycles. The van der Waals surface area contributed by atoms with E-state index in [1.165, 1.54) is 30.4 Å². The maximum atomic E-state index is 14.0. The maximum Gasteiger partial charge on any atom is 0.223 e. The Morgan fingerprint density at radius 3 is 2.80 bits per heavy atom. The number of hydrogen-bond donors (Lipinski definition) is 1. The topological polar surface area (TPSA) is 55.4 Å². The Balaban J connectivity index is 1.55. The van der Waals surface area contributed by atoms with Crippen LogP contribution in [0.15, 0.2) is 24.3 Å². The molecule has 1 aromatic carbocycles. The second kappa shape index (κ2) is 6.26. The van der Waals surface area contributed by atoms with Crippen molar-refractivity contribution in [1.82, 2.24) is 5.32 Å². The minimum absolute atomic E-state index is 0.00844. The molecule has 4 nitrogen and oxygen atoms in total. The molecule has 1 saturated carbocycles. The number of benzene rings is 1. The molecule has 1 aliphatic carbocycles. The molecule has 1 atom stereocenters. The third-order valence-corrected chi connectivity index (χ3v) is 5.75. The summed E-state index contributed by atoms with van der Waals surface area (Å²) < 4.78 is 20.0. The standard InChI is InChI=1S/C19H18FNO3S/c1-10(22)16-4-5-17(25-16)15-8-13(20)6-12-7-14(24-18(12)15)9-21-19(23)11-2-3-11/h4-6,8,11,14H,2-3,7,9H2,1H3,(H,21,23)/t14-/m1/s1. The van der Waals surface area contributed by atoms with Crippen LogP contribution in [0.1, 0.15) is 35.0 Å². The number of ketones is 1.